The highest BCUT2D eigenvalue weighted by molar-refractivity contribution is 6.31. The largest absolute Gasteiger partial charge is 0.481 e. The second kappa shape index (κ2) is 4.74. The van der Waals surface area contributed by atoms with Crippen molar-refractivity contribution in [2.24, 2.45) is 0 Å². The Morgan fingerprint density at radius 2 is 2.00 bits per heavy atom. The molecule has 4 N–H and O–H groups in total. The Morgan fingerprint density at radius 3 is 2.50 bits per heavy atom. The molecule has 4 heteroatoms. The van der Waals surface area contributed by atoms with Crippen LogP contribution in [-0.4, -0.2) is 11.1 Å². The van der Waals surface area contributed by atoms with E-state index in [-0.39, 0.29) is 12.6 Å². The molecule has 0 atom stereocenters. The molecule has 0 bridgehead atoms. The van der Waals surface area contributed by atoms with Gasteiger partial charge in [0, 0.05) is 5.02 Å². The maximum absolute atomic E-state index is 10.3. The molecule has 1 aromatic carbocycles. The summed E-state index contributed by atoms with van der Waals surface area (Å²) in [6.07, 6.45) is -0.0142. The third-order valence-corrected chi connectivity index (χ3v) is 1.67. The third kappa shape index (κ3) is 2.90. The van der Waals surface area contributed by atoms with Gasteiger partial charge in [-0.05, 0) is 11.6 Å². The van der Waals surface area contributed by atoms with Crippen molar-refractivity contribution in [3.8, 4) is 0 Å². The Balaban J connectivity index is 0.00000121. The van der Waals surface area contributed by atoms with Crippen LogP contribution in [0.2, 0.25) is 5.02 Å². The Labute approximate surface area is 75.6 Å². The first kappa shape index (κ1) is 10.9. The molecule has 0 aliphatic carbocycles. The number of halogens is 1. The van der Waals surface area contributed by atoms with E-state index in [2.05, 4.69) is 0 Å². The smallest absolute Gasteiger partial charge is 0.307 e. The molecule has 1 rings (SSSR count). The standard InChI is InChI=1S/C8H7ClO2.H3N/c9-7-4-2-1-3-6(7)5-8(10)11;/h1-4H,5H2,(H,10,11);1H3. The highest BCUT2D eigenvalue weighted by Gasteiger charge is 2.02. The molecule has 1 aromatic rings. The van der Waals surface area contributed by atoms with Crippen LogP contribution in [0.4, 0.5) is 0 Å². The fourth-order valence-electron chi connectivity index (χ4n) is 0.805. The van der Waals surface area contributed by atoms with Crippen molar-refractivity contribution in [1.82, 2.24) is 6.15 Å². The van der Waals surface area contributed by atoms with Gasteiger partial charge in [-0.25, -0.2) is 0 Å². The van der Waals surface area contributed by atoms with E-state index in [9.17, 15) is 4.79 Å². The van der Waals surface area contributed by atoms with Crippen LogP contribution >= 0.6 is 11.6 Å². The van der Waals surface area contributed by atoms with E-state index in [1.165, 1.54) is 0 Å². The minimum absolute atomic E-state index is 0. The molecular weight excluding hydrogens is 178 g/mol. The summed E-state index contributed by atoms with van der Waals surface area (Å²) in [5.41, 5.74) is 0.654. The predicted octanol–water partition coefficient (Wildman–Crippen LogP) is 2.13. The molecule has 12 heavy (non-hydrogen) atoms. The van der Waals surface area contributed by atoms with E-state index in [1.807, 2.05) is 0 Å². The van der Waals surface area contributed by atoms with Gasteiger partial charge in [0.15, 0.2) is 0 Å². The lowest BCUT2D eigenvalue weighted by Crippen LogP contribution is -1.99. The molecule has 0 radical (unpaired) electrons. The second-order valence-electron chi connectivity index (χ2n) is 2.16. The normalized spacial score (nSPS) is 8.75. The average Bonchev–Trinajstić information content (AvgIpc) is 1.93. The molecule has 0 saturated carbocycles. The van der Waals surface area contributed by atoms with Crippen molar-refractivity contribution in [3.05, 3.63) is 34.9 Å². The molecular formula is C8H10ClNO2. The lowest BCUT2D eigenvalue weighted by molar-refractivity contribution is -0.136. The summed E-state index contributed by atoms with van der Waals surface area (Å²) in [6.45, 7) is 0. The molecule has 0 saturated heterocycles. The summed E-state index contributed by atoms with van der Waals surface area (Å²) in [5.74, 6) is -0.863. The number of rotatable bonds is 2. The molecule has 0 aromatic heterocycles. The van der Waals surface area contributed by atoms with E-state index in [0.717, 1.165) is 0 Å². The van der Waals surface area contributed by atoms with Gasteiger partial charge in [0.1, 0.15) is 0 Å². The molecule has 0 fully saturated rings. The molecule has 0 unspecified atom stereocenters. The fourth-order valence-corrected chi connectivity index (χ4v) is 1.01. The van der Waals surface area contributed by atoms with Crippen molar-refractivity contribution < 1.29 is 9.90 Å². The summed E-state index contributed by atoms with van der Waals surface area (Å²) in [6, 6.07) is 6.92. The molecule has 0 aliphatic heterocycles. The zero-order valence-electron chi connectivity index (χ0n) is 6.46. The molecule has 0 aliphatic rings. The maximum atomic E-state index is 10.3. The minimum atomic E-state index is -0.863. The van der Waals surface area contributed by atoms with Crippen molar-refractivity contribution in [1.29, 1.82) is 0 Å². The first-order chi connectivity index (χ1) is 5.20. The van der Waals surface area contributed by atoms with E-state index >= 15 is 0 Å². The van der Waals surface area contributed by atoms with Gasteiger partial charge in [0.2, 0.25) is 0 Å². The number of hydrogen-bond acceptors (Lipinski definition) is 2. The van der Waals surface area contributed by atoms with Gasteiger partial charge in [0.05, 0.1) is 6.42 Å². The molecule has 0 heterocycles. The van der Waals surface area contributed by atoms with Crippen molar-refractivity contribution in [3.63, 3.8) is 0 Å². The lowest BCUT2D eigenvalue weighted by Gasteiger charge is -1.97. The van der Waals surface area contributed by atoms with Crippen LogP contribution in [0.25, 0.3) is 0 Å². The van der Waals surface area contributed by atoms with Gasteiger partial charge >= 0.3 is 5.97 Å². The van der Waals surface area contributed by atoms with Crippen LogP contribution in [0, 0.1) is 0 Å². The number of carboxylic acids is 1. The van der Waals surface area contributed by atoms with Crippen LogP contribution in [0.15, 0.2) is 24.3 Å². The SMILES string of the molecule is N.O=C(O)Cc1ccccc1Cl. The first-order valence-electron chi connectivity index (χ1n) is 3.15. The zero-order valence-corrected chi connectivity index (χ0v) is 7.21. The van der Waals surface area contributed by atoms with Crippen LogP contribution < -0.4 is 6.15 Å². The van der Waals surface area contributed by atoms with Gasteiger partial charge in [0.25, 0.3) is 0 Å². The van der Waals surface area contributed by atoms with E-state index in [0.29, 0.717) is 10.6 Å². The minimum Gasteiger partial charge on any atom is -0.481 e. The fraction of sp³-hybridized carbons (Fsp3) is 0.125. The summed E-state index contributed by atoms with van der Waals surface area (Å²) >= 11 is 5.70. The van der Waals surface area contributed by atoms with E-state index in [4.69, 9.17) is 16.7 Å². The van der Waals surface area contributed by atoms with Gasteiger partial charge in [-0.2, -0.15) is 0 Å². The molecule has 3 nitrogen and oxygen atoms in total. The number of carboxylic acid groups (broad SMARTS) is 1. The summed E-state index contributed by atoms with van der Waals surface area (Å²) in [4.78, 5) is 10.3. The summed E-state index contributed by atoms with van der Waals surface area (Å²) in [5, 5.41) is 8.94. The molecule has 66 valence electrons. The second-order valence-corrected chi connectivity index (χ2v) is 2.57. The van der Waals surface area contributed by atoms with E-state index < -0.39 is 5.97 Å². The summed E-state index contributed by atoms with van der Waals surface area (Å²) in [7, 11) is 0. The number of hydrogen-bond donors (Lipinski definition) is 2. The van der Waals surface area contributed by atoms with Crippen LogP contribution in [0.3, 0.4) is 0 Å². The topological polar surface area (TPSA) is 72.3 Å². The average molecular weight is 188 g/mol. The molecule has 0 amide bonds. The summed E-state index contributed by atoms with van der Waals surface area (Å²) < 4.78 is 0. The quantitative estimate of drug-likeness (QED) is 0.745. The third-order valence-electron chi connectivity index (χ3n) is 1.30. The first-order valence-corrected chi connectivity index (χ1v) is 3.53. The number of benzene rings is 1. The van der Waals surface area contributed by atoms with Gasteiger partial charge in [-0.15, -0.1) is 0 Å². The van der Waals surface area contributed by atoms with Gasteiger partial charge in [-0.3, -0.25) is 4.79 Å². The predicted molar refractivity (Wildman–Crippen MR) is 47.8 cm³/mol. The van der Waals surface area contributed by atoms with Crippen molar-refractivity contribution in [2.45, 2.75) is 6.42 Å². The van der Waals surface area contributed by atoms with Gasteiger partial charge < -0.3 is 11.3 Å². The highest BCUT2D eigenvalue weighted by Crippen LogP contribution is 2.14. The Morgan fingerprint density at radius 1 is 1.42 bits per heavy atom. The van der Waals surface area contributed by atoms with E-state index in [1.54, 1.807) is 24.3 Å². The Hall–Kier alpha value is -1.06. The monoisotopic (exact) mass is 187 g/mol. The van der Waals surface area contributed by atoms with Crippen LogP contribution in [-0.2, 0) is 11.2 Å². The van der Waals surface area contributed by atoms with Crippen LogP contribution in [0.1, 0.15) is 5.56 Å². The zero-order chi connectivity index (χ0) is 8.27. The number of carbonyl (C=O) groups is 1. The van der Waals surface area contributed by atoms with Crippen molar-refractivity contribution in [2.75, 3.05) is 0 Å². The lowest BCUT2D eigenvalue weighted by atomic mass is 10.1. The van der Waals surface area contributed by atoms with Crippen LogP contribution in [0.5, 0.6) is 0 Å². The number of aliphatic carboxylic acids is 1. The Bertz CT molecular complexity index is 276. The Kier molecular flexibility index (Phi) is 4.33. The maximum Gasteiger partial charge on any atom is 0.307 e. The molecule has 0 spiro atoms. The van der Waals surface area contributed by atoms with Crippen molar-refractivity contribution >= 4 is 17.6 Å². The highest BCUT2D eigenvalue weighted by atomic mass is 35.5. The van der Waals surface area contributed by atoms with Gasteiger partial charge in [-0.1, -0.05) is 29.8 Å².